The first kappa shape index (κ1) is 23.7. The van der Waals surface area contributed by atoms with Gasteiger partial charge < -0.3 is 19.4 Å². The van der Waals surface area contributed by atoms with Crippen LogP contribution in [-0.2, 0) is 14.3 Å². The summed E-state index contributed by atoms with van der Waals surface area (Å²) in [7, 11) is 0. The highest BCUT2D eigenvalue weighted by atomic mass is 16.6. The van der Waals surface area contributed by atoms with Crippen LogP contribution in [0.1, 0.15) is 47.0 Å². The van der Waals surface area contributed by atoms with Crippen LogP contribution in [-0.4, -0.2) is 71.3 Å². The van der Waals surface area contributed by atoms with E-state index in [9.17, 15) is 14.4 Å². The summed E-state index contributed by atoms with van der Waals surface area (Å²) in [5.41, 5.74) is 0.828. The minimum absolute atomic E-state index is 0.0719. The molecule has 0 bridgehead atoms. The Morgan fingerprint density at radius 1 is 1.20 bits per heavy atom. The number of piperazine rings is 1. The van der Waals surface area contributed by atoms with Crippen molar-refractivity contribution in [3.05, 3.63) is 36.2 Å². The molecule has 166 valence electrons. The highest BCUT2D eigenvalue weighted by Gasteiger charge is 2.27. The maximum atomic E-state index is 12.7. The Balaban J connectivity index is 1.90. The molecule has 1 atom stereocenters. The second-order valence-corrected chi connectivity index (χ2v) is 8.82. The van der Waals surface area contributed by atoms with Crippen LogP contribution in [0.4, 0.5) is 4.79 Å². The number of likely N-dealkylation sites (tertiary alicyclic amines) is 1. The Hall–Kier alpha value is -2.57. The Bertz CT molecular complexity index is 720. The van der Waals surface area contributed by atoms with Crippen molar-refractivity contribution in [2.45, 2.75) is 52.6 Å². The van der Waals surface area contributed by atoms with Gasteiger partial charge in [0.1, 0.15) is 5.60 Å². The molecule has 0 aromatic carbocycles. The molecule has 2 rings (SSSR count). The molecule has 1 unspecified atom stereocenters. The summed E-state index contributed by atoms with van der Waals surface area (Å²) in [5, 5.41) is 0. The Morgan fingerprint density at radius 3 is 2.53 bits per heavy atom. The number of hydrogen-bond donors (Lipinski definition) is 0. The number of hydrogen-bond acceptors (Lipinski definition) is 5. The van der Waals surface area contributed by atoms with Crippen molar-refractivity contribution >= 4 is 18.3 Å². The summed E-state index contributed by atoms with van der Waals surface area (Å²) in [4.78, 5) is 41.6. The van der Waals surface area contributed by atoms with E-state index in [-0.39, 0.29) is 17.9 Å². The van der Waals surface area contributed by atoms with Crippen molar-refractivity contribution in [2.75, 3.05) is 32.7 Å². The van der Waals surface area contributed by atoms with Gasteiger partial charge in [0.2, 0.25) is 5.91 Å². The maximum Gasteiger partial charge on any atom is 0.410 e. The second kappa shape index (κ2) is 10.5. The molecular formula is C23H35N3O4. The number of ether oxygens (including phenoxy) is 1. The minimum atomic E-state index is -0.517. The van der Waals surface area contributed by atoms with E-state index in [0.717, 1.165) is 31.2 Å². The van der Waals surface area contributed by atoms with Gasteiger partial charge in [-0.1, -0.05) is 25.7 Å². The lowest BCUT2D eigenvalue weighted by Crippen LogP contribution is -2.46. The molecule has 2 aliphatic rings. The van der Waals surface area contributed by atoms with Crippen LogP contribution < -0.4 is 0 Å². The molecule has 0 N–H and O–H groups in total. The van der Waals surface area contributed by atoms with E-state index in [1.165, 1.54) is 0 Å². The van der Waals surface area contributed by atoms with Gasteiger partial charge in [-0.2, -0.15) is 0 Å². The summed E-state index contributed by atoms with van der Waals surface area (Å²) < 4.78 is 5.46. The molecule has 7 nitrogen and oxygen atoms in total. The van der Waals surface area contributed by atoms with Crippen LogP contribution in [0.5, 0.6) is 0 Å². The van der Waals surface area contributed by atoms with Crippen molar-refractivity contribution in [1.82, 2.24) is 14.7 Å². The zero-order chi connectivity index (χ0) is 22.3. The Morgan fingerprint density at radius 2 is 1.93 bits per heavy atom. The molecule has 2 fully saturated rings. The molecular weight excluding hydrogens is 382 g/mol. The van der Waals surface area contributed by atoms with Crippen molar-refractivity contribution in [3.8, 4) is 0 Å². The number of carbonyl (C=O) groups excluding carboxylic acids is 3. The van der Waals surface area contributed by atoms with Gasteiger partial charge in [-0.15, -0.1) is 0 Å². The maximum absolute atomic E-state index is 12.7. The average molecular weight is 418 g/mol. The molecule has 0 aliphatic carbocycles. The molecule has 30 heavy (non-hydrogen) atoms. The van der Waals surface area contributed by atoms with Gasteiger partial charge >= 0.3 is 6.09 Å². The third-order valence-corrected chi connectivity index (χ3v) is 5.13. The fourth-order valence-corrected chi connectivity index (χ4v) is 3.68. The standard InChI is InChI=1S/C23H35N3O4/c1-6-8-20(17-27)26-14-13-24(15-18(26)2)21(28)11-10-19-9-7-12-25(16-19)22(29)30-23(3,4)5/h8,10-11,17,19H,2,6-7,9,12-16H2,1,3-5H3/b11-10+,20-8-. The van der Waals surface area contributed by atoms with E-state index in [4.69, 9.17) is 4.74 Å². The molecule has 2 heterocycles. The molecule has 0 aromatic heterocycles. The largest absolute Gasteiger partial charge is 0.444 e. The summed E-state index contributed by atoms with van der Waals surface area (Å²) in [6.07, 6.45) is 8.51. The normalized spacial score (nSPS) is 21.2. The summed E-state index contributed by atoms with van der Waals surface area (Å²) >= 11 is 0. The molecule has 2 aliphatic heterocycles. The fourth-order valence-electron chi connectivity index (χ4n) is 3.68. The Labute approximate surface area is 180 Å². The molecule has 0 spiro atoms. The number of aldehydes is 1. The molecule has 2 saturated heterocycles. The zero-order valence-corrected chi connectivity index (χ0v) is 18.7. The third kappa shape index (κ3) is 6.75. The number of carbonyl (C=O) groups is 3. The van der Waals surface area contributed by atoms with Gasteiger partial charge in [-0.25, -0.2) is 4.79 Å². The van der Waals surface area contributed by atoms with Gasteiger partial charge in [0.25, 0.3) is 0 Å². The van der Waals surface area contributed by atoms with Crippen LogP contribution in [0.3, 0.4) is 0 Å². The van der Waals surface area contributed by atoms with Crippen LogP contribution >= 0.6 is 0 Å². The first-order chi connectivity index (χ1) is 14.1. The minimum Gasteiger partial charge on any atom is -0.444 e. The highest BCUT2D eigenvalue weighted by Crippen LogP contribution is 2.21. The number of rotatable bonds is 5. The van der Waals surface area contributed by atoms with E-state index in [1.54, 1.807) is 15.9 Å². The highest BCUT2D eigenvalue weighted by molar-refractivity contribution is 5.88. The molecule has 0 aromatic rings. The predicted octanol–water partition coefficient (Wildman–Crippen LogP) is 3.34. The Kier molecular flexibility index (Phi) is 8.26. The molecule has 2 amide bonds. The van der Waals surface area contributed by atoms with Gasteiger partial charge in [-0.05, 0) is 52.0 Å². The summed E-state index contributed by atoms with van der Waals surface area (Å²) in [6.45, 7) is 14.3. The zero-order valence-electron chi connectivity index (χ0n) is 18.7. The van der Waals surface area contributed by atoms with E-state index in [0.29, 0.717) is 38.4 Å². The van der Waals surface area contributed by atoms with Crippen LogP contribution in [0, 0.1) is 5.92 Å². The number of allylic oxidation sites excluding steroid dienone is 2. The van der Waals surface area contributed by atoms with Crippen molar-refractivity contribution < 1.29 is 19.1 Å². The smallest absolute Gasteiger partial charge is 0.410 e. The van der Waals surface area contributed by atoms with Crippen LogP contribution in [0.25, 0.3) is 0 Å². The quantitative estimate of drug-likeness (QED) is 0.507. The summed E-state index contributed by atoms with van der Waals surface area (Å²) in [5.74, 6) is 0.0613. The summed E-state index contributed by atoms with van der Waals surface area (Å²) in [6, 6.07) is 0. The fraction of sp³-hybridized carbons (Fsp3) is 0.609. The van der Waals surface area contributed by atoms with Gasteiger partial charge in [0, 0.05) is 31.9 Å². The topological polar surface area (TPSA) is 70.2 Å². The van der Waals surface area contributed by atoms with Gasteiger partial charge in [0.05, 0.1) is 12.2 Å². The number of nitrogens with zero attached hydrogens (tertiary/aromatic N) is 3. The first-order valence-electron chi connectivity index (χ1n) is 10.7. The monoisotopic (exact) mass is 417 g/mol. The molecule has 0 saturated carbocycles. The molecule has 7 heteroatoms. The van der Waals surface area contributed by atoms with Crippen molar-refractivity contribution in [1.29, 1.82) is 0 Å². The third-order valence-electron chi connectivity index (χ3n) is 5.13. The van der Waals surface area contributed by atoms with E-state index in [2.05, 4.69) is 6.58 Å². The predicted molar refractivity (Wildman–Crippen MR) is 117 cm³/mol. The molecule has 0 radical (unpaired) electrons. The van der Waals surface area contributed by atoms with E-state index >= 15 is 0 Å². The lowest BCUT2D eigenvalue weighted by atomic mass is 9.98. The van der Waals surface area contributed by atoms with Gasteiger partial charge in [0.15, 0.2) is 6.29 Å². The number of piperidine rings is 1. The van der Waals surface area contributed by atoms with Crippen LogP contribution in [0.15, 0.2) is 36.2 Å². The first-order valence-corrected chi connectivity index (χ1v) is 10.7. The SMILES string of the molecule is C=C1CN(C(=O)/C=C/C2CCCN(C(=O)OC(C)(C)C)C2)CCN1/C(C=O)=C\CC. The number of amides is 2. The van der Waals surface area contributed by atoms with Gasteiger partial charge in [-0.3, -0.25) is 9.59 Å². The lowest BCUT2D eigenvalue weighted by Gasteiger charge is -2.37. The van der Waals surface area contributed by atoms with Crippen molar-refractivity contribution in [2.24, 2.45) is 5.92 Å². The van der Waals surface area contributed by atoms with E-state index in [1.807, 2.05) is 44.7 Å². The lowest BCUT2D eigenvalue weighted by molar-refractivity contribution is -0.126. The van der Waals surface area contributed by atoms with Crippen molar-refractivity contribution in [3.63, 3.8) is 0 Å². The second-order valence-electron chi connectivity index (χ2n) is 8.82. The average Bonchev–Trinajstić information content (AvgIpc) is 2.69. The van der Waals surface area contributed by atoms with Crippen LogP contribution in [0.2, 0.25) is 0 Å². The van der Waals surface area contributed by atoms with E-state index < -0.39 is 5.60 Å².